The molecule has 1 saturated heterocycles. The van der Waals surface area contributed by atoms with Gasteiger partial charge in [-0.25, -0.2) is 8.42 Å². The third-order valence-corrected chi connectivity index (χ3v) is 8.97. The first-order valence-electron chi connectivity index (χ1n) is 12.9. The minimum atomic E-state index is -3.93. The molecule has 0 aliphatic carbocycles. The molecule has 0 spiro atoms. The Morgan fingerprint density at radius 3 is 2.27 bits per heavy atom. The normalized spacial score (nSPS) is 18.2. The number of anilines is 2. The van der Waals surface area contributed by atoms with E-state index in [1.807, 2.05) is 55.5 Å². The van der Waals surface area contributed by atoms with E-state index in [0.29, 0.717) is 24.5 Å². The zero-order valence-electron chi connectivity index (χ0n) is 21.1. The van der Waals surface area contributed by atoms with Crippen molar-refractivity contribution in [1.29, 1.82) is 0 Å². The van der Waals surface area contributed by atoms with E-state index in [2.05, 4.69) is 10.2 Å². The number of rotatable bonds is 7. The van der Waals surface area contributed by atoms with E-state index in [9.17, 15) is 13.2 Å². The van der Waals surface area contributed by atoms with Crippen LogP contribution in [0.25, 0.3) is 0 Å². The first-order valence-corrected chi connectivity index (χ1v) is 14.4. The van der Waals surface area contributed by atoms with Gasteiger partial charge in [0.25, 0.3) is 0 Å². The summed E-state index contributed by atoms with van der Waals surface area (Å²) in [5.41, 5.74) is 3.69. The average Bonchev–Trinajstić information content (AvgIpc) is 2.93. The van der Waals surface area contributed by atoms with E-state index in [1.165, 1.54) is 35.7 Å². The smallest absolute Gasteiger partial charge is 0.244 e. The molecule has 37 heavy (non-hydrogen) atoms. The van der Waals surface area contributed by atoms with Gasteiger partial charge < -0.3 is 15.0 Å². The molecule has 0 aromatic heterocycles. The quantitative estimate of drug-likeness (QED) is 0.484. The van der Waals surface area contributed by atoms with Gasteiger partial charge >= 0.3 is 0 Å². The molecule has 0 radical (unpaired) electrons. The van der Waals surface area contributed by atoms with Crippen molar-refractivity contribution in [1.82, 2.24) is 4.31 Å². The molecular formula is C29H33N3O4S. The fourth-order valence-electron chi connectivity index (χ4n) is 5.12. The maximum Gasteiger partial charge on any atom is 0.244 e. The van der Waals surface area contributed by atoms with Crippen molar-refractivity contribution < 1.29 is 17.9 Å². The number of sulfonamides is 1. The summed E-state index contributed by atoms with van der Waals surface area (Å²) < 4.78 is 34.3. The van der Waals surface area contributed by atoms with Crippen LogP contribution in [-0.2, 0) is 27.8 Å². The molecular weight excluding hydrogens is 486 g/mol. The summed E-state index contributed by atoms with van der Waals surface area (Å²) in [6.07, 6.45) is 3.97. The molecule has 2 heterocycles. The van der Waals surface area contributed by atoms with E-state index in [1.54, 1.807) is 12.1 Å². The monoisotopic (exact) mass is 519 g/mol. The van der Waals surface area contributed by atoms with Crippen molar-refractivity contribution in [3.63, 3.8) is 0 Å². The second-order valence-corrected chi connectivity index (χ2v) is 11.4. The van der Waals surface area contributed by atoms with Crippen LogP contribution < -0.4 is 15.0 Å². The van der Waals surface area contributed by atoms with Gasteiger partial charge in [0.2, 0.25) is 15.9 Å². The second-order valence-electron chi connectivity index (χ2n) is 9.53. The van der Waals surface area contributed by atoms with Crippen molar-refractivity contribution in [3.05, 3.63) is 83.9 Å². The molecule has 3 aromatic carbocycles. The van der Waals surface area contributed by atoms with Crippen LogP contribution in [0.5, 0.6) is 5.75 Å². The van der Waals surface area contributed by atoms with E-state index in [0.717, 1.165) is 29.9 Å². The molecule has 1 unspecified atom stereocenters. The maximum atomic E-state index is 13.8. The summed E-state index contributed by atoms with van der Waals surface area (Å²) in [6, 6.07) is 21.0. The molecule has 3 aromatic rings. The minimum absolute atomic E-state index is 0.137. The van der Waals surface area contributed by atoms with Crippen molar-refractivity contribution in [3.8, 4) is 5.75 Å². The van der Waals surface area contributed by atoms with Crippen LogP contribution >= 0.6 is 0 Å². The van der Waals surface area contributed by atoms with Gasteiger partial charge in [0.05, 0.1) is 11.5 Å². The first kappa shape index (κ1) is 25.3. The lowest BCUT2D eigenvalue weighted by Crippen LogP contribution is -2.50. The van der Waals surface area contributed by atoms with Crippen LogP contribution in [0.15, 0.2) is 77.7 Å². The van der Waals surface area contributed by atoms with E-state index < -0.39 is 16.1 Å². The summed E-state index contributed by atoms with van der Waals surface area (Å²) in [7, 11) is -3.93. The molecule has 1 N–H and O–H groups in total. The number of carbonyl (C=O) groups excluding carboxylic acids is 1. The molecule has 0 saturated carbocycles. The van der Waals surface area contributed by atoms with Crippen molar-refractivity contribution in [2.45, 2.75) is 50.1 Å². The summed E-state index contributed by atoms with van der Waals surface area (Å²) in [5, 5.41) is 2.97. The van der Waals surface area contributed by atoms with Gasteiger partial charge in [-0.05, 0) is 92.3 Å². The zero-order chi connectivity index (χ0) is 25.8. The Bertz CT molecular complexity index is 1330. The van der Waals surface area contributed by atoms with Crippen molar-refractivity contribution in [2.75, 3.05) is 29.9 Å². The van der Waals surface area contributed by atoms with E-state index >= 15 is 0 Å². The number of piperidine rings is 1. The lowest BCUT2D eigenvalue weighted by Gasteiger charge is -2.35. The average molecular weight is 520 g/mol. The Kier molecular flexibility index (Phi) is 7.48. The Morgan fingerprint density at radius 1 is 0.919 bits per heavy atom. The Labute approximate surface area is 219 Å². The van der Waals surface area contributed by atoms with Gasteiger partial charge in [0.15, 0.2) is 0 Å². The zero-order valence-corrected chi connectivity index (χ0v) is 21.9. The van der Waals surface area contributed by atoms with Gasteiger partial charge in [-0.2, -0.15) is 4.31 Å². The number of nitrogens with one attached hydrogen (secondary N) is 1. The topological polar surface area (TPSA) is 79.0 Å². The predicted molar refractivity (Wildman–Crippen MR) is 145 cm³/mol. The maximum absolute atomic E-state index is 13.8. The molecule has 1 atom stereocenters. The summed E-state index contributed by atoms with van der Waals surface area (Å²) in [4.78, 5) is 16.0. The van der Waals surface area contributed by atoms with Crippen LogP contribution in [0.4, 0.5) is 11.4 Å². The molecule has 7 nitrogen and oxygen atoms in total. The second kappa shape index (κ2) is 10.9. The number of nitrogens with zero attached hydrogens (tertiary/aromatic N) is 2. The van der Waals surface area contributed by atoms with Gasteiger partial charge in [0.1, 0.15) is 11.8 Å². The number of fused-ring (bicyclic) bond motifs is 1. The Balaban J connectivity index is 1.39. The number of hydrogen-bond donors (Lipinski definition) is 1. The highest BCUT2D eigenvalue weighted by molar-refractivity contribution is 7.89. The lowest BCUT2D eigenvalue weighted by molar-refractivity contribution is -0.120. The van der Waals surface area contributed by atoms with Crippen molar-refractivity contribution >= 4 is 27.3 Å². The van der Waals surface area contributed by atoms with E-state index in [-0.39, 0.29) is 17.3 Å². The third kappa shape index (κ3) is 5.50. The highest BCUT2D eigenvalue weighted by Crippen LogP contribution is 2.31. The Hall–Kier alpha value is -3.36. The van der Waals surface area contributed by atoms with Crippen LogP contribution in [0.2, 0.25) is 0 Å². The van der Waals surface area contributed by atoms with Gasteiger partial charge in [-0.1, -0.05) is 24.3 Å². The van der Waals surface area contributed by atoms with Gasteiger partial charge in [-0.3, -0.25) is 4.79 Å². The molecule has 2 aliphatic rings. The number of benzene rings is 3. The number of hydrogen-bond acceptors (Lipinski definition) is 5. The summed E-state index contributed by atoms with van der Waals surface area (Å²) >= 11 is 0. The molecule has 1 fully saturated rings. The molecule has 0 bridgehead atoms. The highest BCUT2D eigenvalue weighted by Gasteiger charge is 2.39. The molecule has 1 amide bonds. The molecule has 5 rings (SSSR count). The Morgan fingerprint density at radius 2 is 1.59 bits per heavy atom. The van der Waals surface area contributed by atoms with Crippen LogP contribution in [-0.4, -0.2) is 44.4 Å². The van der Waals surface area contributed by atoms with Gasteiger partial charge in [0, 0.05) is 31.0 Å². The molecule has 2 aliphatic heterocycles. The van der Waals surface area contributed by atoms with Crippen LogP contribution in [0, 0.1) is 0 Å². The minimum Gasteiger partial charge on any atom is -0.494 e. The van der Waals surface area contributed by atoms with Gasteiger partial charge in [-0.15, -0.1) is 0 Å². The summed E-state index contributed by atoms with van der Waals surface area (Å²) in [6.45, 7) is 4.60. The SMILES string of the molecule is CCOc1ccc(S(=O)(=O)N2Cc3ccccc3CC2C(=O)Nc2ccc(N3CCCCC3)cc2)cc1. The first-order chi connectivity index (χ1) is 18.0. The fraction of sp³-hybridized carbons (Fsp3) is 0.345. The van der Waals surface area contributed by atoms with Crippen LogP contribution in [0.3, 0.4) is 0 Å². The van der Waals surface area contributed by atoms with Crippen LogP contribution in [0.1, 0.15) is 37.3 Å². The largest absolute Gasteiger partial charge is 0.494 e. The number of carbonyl (C=O) groups is 1. The highest BCUT2D eigenvalue weighted by atomic mass is 32.2. The molecule has 8 heteroatoms. The molecule has 194 valence electrons. The number of amides is 1. The lowest BCUT2D eigenvalue weighted by atomic mass is 9.95. The van der Waals surface area contributed by atoms with E-state index in [4.69, 9.17) is 4.74 Å². The number of ether oxygens (including phenoxy) is 1. The fourth-order valence-corrected chi connectivity index (χ4v) is 6.68. The third-order valence-electron chi connectivity index (χ3n) is 7.11. The summed E-state index contributed by atoms with van der Waals surface area (Å²) in [5.74, 6) is 0.266. The standard InChI is InChI=1S/C29H33N3O4S/c1-2-36-26-14-16-27(17-15-26)37(34,35)32-21-23-9-5-4-8-22(23)20-28(32)29(33)30-24-10-12-25(13-11-24)31-18-6-3-7-19-31/h4-5,8-17,28H,2-3,6-7,18-21H2,1H3,(H,30,33). The van der Waals surface area contributed by atoms with Crippen molar-refractivity contribution in [2.24, 2.45) is 0 Å². The predicted octanol–water partition coefficient (Wildman–Crippen LogP) is 4.83.